The second-order valence-electron chi connectivity index (χ2n) is 5.59. The number of carbonyl (C=O) groups is 1. The van der Waals surface area contributed by atoms with Crippen LogP contribution in [0, 0.1) is 0 Å². The molecule has 4 heteroatoms. The van der Waals surface area contributed by atoms with Crippen molar-refractivity contribution in [3.8, 4) is 0 Å². The highest BCUT2D eigenvalue weighted by molar-refractivity contribution is 7.99. The quantitative estimate of drug-likeness (QED) is 0.919. The summed E-state index contributed by atoms with van der Waals surface area (Å²) >= 11 is 1.67. The van der Waals surface area contributed by atoms with Crippen LogP contribution in [0.15, 0.2) is 42.5 Å². The number of rotatable bonds is 5. The van der Waals surface area contributed by atoms with Crippen LogP contribution in [0.4, 0.5) is 0 Å². The van der Waals surface area contributed by atoms with Crippen molar-refractivity contribution in [1.29, 1.82) is 0 Å². The zero-order valence-corrected chi connectivity index (χ0v) is 13.4. The van der Waals surface area contributed by atoms with E-state index in [1.54, 1.807) is 11.8 Å². The van der Waals surface area contributed by atoms with E-state index < -0.39 is 0 Å². The molecule has 3 rings (SSSR count). The van der Waals surface area contributed by atoms with Crippen molar-refractivity contribution in [3.63, 3.8) is 0 Å². The molecular weight excluding hydrogens is 294 g/mol. The third kappa shape index (κ3) is 4.02. The first-order valence-electron chi connectivity index (χ1n) is 7.74. The van der Waals surface area contributed by atoms with Gasteiger partial charge in [0.1, 0.15) is 0 Å². The highest BCUT2D eigenvalue weighted by Gasteiger charge is 2.15. The van der Waals surface area contributed by atoms with Crippen LogP contribution >= 0.6 is 11.8 Å². The first-order valence-corrected chi connectivity index (χ1v) is 8.90. The maximum atomic E-state index is 12.0. The molecule has 0 saturated carbocycles. The predicted molar refractivity (Wildman–Crippen MR) is 92.1 cm³/mol. The van der Waals surface area contributed by atoms with Gasteiger partial charge in [0.2, 0.25) is 5.91 Å². The summed E-state index contributed by atoms with van der Waals surface area (Å²) in [6.07, 6.45) is 1.86. The number of benzene rings is 2. The van der Waals surface area contributed by atoms with Gasteiger partial charge in [-0.25, -0.2) is 0 Å². The third-order valence-electron chi connectivity index (χ3n) is 3.96. The molecule has 0 aliphatic carbocycles. The van der Waals surface area contributed by atoms with Gasteiger partial charge in [-0.05, 0) is 29.2 Å². The van der Waals surface area contributed by atoms with Gasteiger partial charge in [-0.1, -0.05) is 42.5 Å². The van der Waals surface area contributed by atoms with E-state index in [4.69, 9.17) is 4.74 Å². The van der Waals surface area contributed by atoms with Crippen molar-refractivity contribution in [3.05, 3.63) is 48.0 Å². The Morgan fingerprint density at radius 2 is 1.91 bits per heavy atom. The average Bonchev–Trinajstić information content (AvgIpc) is 2.56. The molecule has 0 bridgehead atoms. The zero-order valence-electron chi connectivity index (χ0n) is 12.6. The molecule has 1 aliphatic heterocycles. The summed E-state index contributed by atoms with van der Waals surface area (Å²) in [5, 5.41) is 5.64. The average molecular weight is 315 g/mol. The first-order chi connectivity index (χ1) is 10.8. The highest BCUT2D eigenvalue weighted by Crippen LogP contribution is 2.22. The second-order valence-corrected chi connectivity index (χ2v) is 6.57. The van der Waals surface area contributed by atoms with Crippen molar-refractivity contribution in [1.82, 2.24) is 5.32 Å². The zero-order chi connectivity index (χ0) is 15.2. The normalized spacial score (nSPS) is 15.8. The molecule has 0 atom stereocenters. The molecule has 1 amide bonds. The summed E-state index contributed by atoms with van der Waals surface area (Å²) in [6, 6.07) is 15.0. The van der Waals surface area contributed by atoms with E-state index >= 15 is 0 Å². The van der Waals surface area contributed by atoms with Crippen LogP contribution < -0.4 is 5.32 Å². The van der Waals surface area contributed by atoms with Gasteiger partial charge >= 0.3 is 0 Å². The maximum absolute atomic E-state index is 12.0. The molecule has 1 heterocycles. The van der Waals surface area contributed by atoms with Gasteiger partial charge in [-0.3, -0.25) is 4.79 Å². The summed E-state index contributed by atoms with van der Waals surface area (Å²) in [7, 11) is 0. The van der Waals surface area contributed by atoms with E-state index in [1.807, 2.05) is 0 Å². The Morgan fingerprint density at radius 3 is 2.77 bits per heavy atom. The summed E-state index contributed by atoms with van der Waals surface area (Å²) in [4.78, 5) is 12.0. The van der Waals surface area contributed by atoms with Gasteiger partial charge in [-0.2, -0.15) is 0 Å². The Bertz CT molecular complexity index is 633. The van der Waals surface area contributed by atoms with Crippen molar-refractivity contribution in [2.24, 2.45) is 0 Å². The Hall–Kier alpha value is -1.52. The van der Waals surface area contributed by atoms with Crippen LogP contribution in [-0.4, -0.2) is 30.9 Å². The summed E-state index contributed by atoms with van der Waals surface area (Å²) < 4.78 is 5.30. The number of amides is 1. The monoisotopic (exact) mass is 315 g/mol. The Labute approximate surface area is 135 Å². The SMILES string of the molecule is O=C(CSCc1cccc2ccccc12)NC1CCOCC1. The first kappa shape index (κ1) is 15.4. The smallest absolute Gasteiger partial charge is 0.230 e. The van der Waals surface area contributed by atoms with Gasteiger partial charge < -0.3 is 10.1 Å². The van der Waals surface area contributed by atoms with Crippen LogP contribution in [0.25, 0.3) is 10.8 Å². The topological polar surface area (TPSA) is 38.3 Å². The second kappa shape index (κ2) is 7.65. The van der Waals surface area contributed by atoms with Crippen LogP contribution in [0.2, 0.25) is 0 Å². The van der Waals surface area contributed by atoms with Crippen LogP contribution in [0.1, 0.15) is 18.4 Å². The number of nitrogens with one attached hydrogen (secondary N) is 1. The molecule has 3 nitrogen and oxygen atoms in total. The van der Waals surface area contributed by atoms with E-state index in [9.17, 15) is 4.79 Å². The molecule has 22 heavy (non-hydrogen) atoms. The lowest BCUT2D eigenvalue weighted by atomic mass is 10.1. The fourth-order valence-electron chi connectivity index (χ4n) is 2.78. The number of fused-ring (bicyclic) bond motifs is 1. The van der Waals surface area contributed by atoms with E-state index in [0.29, 0.717) is 11.8 Å². The largest absolute Gasteiger partial charge is 0.381 e. The lowest BCUT2D eigenvalue weighted by molar-refractivity contribution is -0.119. The summed E-state index contributed by atoms with van der Waals surface area (Å²) in [6.45, 7) is 1.52. The number of ether oxygens (including phenoxy) is 1. The molecule has 2 aromatic rings. The summed E-state index contributed by atoms with van der Waals surface area (Å²) in [5.74, 6) is 1.51. The van der Waals surface area contributed by atoms with Crippen LogP contribution in [-0.2, 0) is 15.3 Å². The van der Waals surface area contributed by atoms with E-state index in [0.717, 1.165) is 31.8 Å². The maximum Gasteiger partial charge on any atom is 0.230 e. The van der Waals surface area contributed by atoms with Crippen molar-refractivity contribution < 1.29 is 9.53 Å². The van der Waals surface area contributed by atoms with Gasteiger partial charge in [0.05, 0.1) is 5.75 Å². The molecule has 0 aromatic heterocycles. The Balaban J connectivity index is 1.50. The number of carbonyl (C=O) groups excluding carboxylic acids is 1. The fourth-order valence-corrected chi connectivity index (χ4v) is 3.63. The molecule has 1 saturated heterocycles. The molecule has 1 aliphatic rings. The highest BCUT2D eigenvalue weighted by atomic mass is 32.2. The molecule has 0 radical (unpaired) electrons. The molecule has 1 fully saturated rings. The van der Waals surface area contributed by atoms with E-state index in [2.05, 4.69) is 47.8 Å². The predicted octanol–water partition coefficient (Wildman–Crippen LogP) is 3.37. The molecule has 1 N–H and O–H groups in total. The standard InChI is InChI=1S/C18H21NO2S/c20-18(19-16-8-10-21-11-9-16)13-22-12-15-6-3-5-14-4-1-2-7-17(14)15/h1-7,16H,8-13H2,(H,19,20). The minimum absolute atomic E-state index is 0.136. The third-order valence-corrected chi connectivity index (χ3v) is 4.94. The minimum Gasteiger partial charge on any atom is -0.381 e. The van der Waals surface area contributed by atoms with Gasteiger partial charge in [0.15, 0.2) is 0 Å². The van der Waals surface area contributed by atoms with E-state index in [-0.39, 0.29) is 5.91 Å². The molecular formula is C18H21NO2S. The van der Waals surface area contributed by atoms with Crippen molar-refractivity contribution >= 4 is 28.4 Å². The van der Waals surface area contributed by atoms with Gasteiger partial charge in [0, 0.05) is 25.0 Å². The van der Waals surface area contributed by atoms with Crippen molar-refractivity contribution in [2.75, 3.05) is 19.0 Å². The Kier molecular flexibility index (Phi) is 5.35. The number of hydrogen-bond acceptors (Lipinski definition) is 3. The Morgan fingerprint density at radius 1 is 1.14 bits per heavy atom. The van der Waals surface area contributed by atoms with Gasteiger partial charge in [0.25, 0.3) is 0 Å². The summed E-state index contributed by atoms with van der Waals surface area (Å²) in [5.41, 5.74) is 1.29. The fraction of sp³-hybridized carbons (Fsp3) is 0.389. The van der Waals surface area contributed by atoms with Crippen molar-refractivity contribution in [2.45, 2.75) is 24.6 Å². The number of hydrogen-bond donors (Lipinski definition) is 1. The molecule has 0 unspecified atom stereocenters. The van der Waals surface area contributed by atoms with Crippen LogP contribution in [0.5, 0.6) is 0 Å². The minimum atomic E-state index is 0.136. The lowest BCUT2D eigenvalue weighted by Gasteiger charge is -2.23. The van der Waals surface area contributed by atoms with Gasteiger partial charge in [-0.15, -0.1) is 11.8 Å². The van der Waals surface area contributed by atoms with E-state index in [1.165, 1.54) is 16.3 Å². The molecule has 116 valence electrons. The van der Waals surface area contributed by atoms with Crippen LogP contribution in [0.3, 0.4) is 0 Å². The lowest BCUT2D eigenvalue weighted by Crippen LogP contribution is -2.39. The molecule has 0 spiro atoms. The number of thioether (sulfide) groups is 1. The molecule has 2 aromatic carbocycles.